The average molecular weight is 562 g/mol. The molecule has 0 bridgehead atoms. The van der Waals surface area contributed by atoms with E-state index in [-0.39, 0.29) is 26.0 Å². The van der Waals surface area contributed by atoms with Crippen LogP contribution in [0.1, 0.15) is 43.4 Å². The SMILES string of the molecule is CCC(=O)O[C@@H](CN=[N+]=[N-])[C@H](COC(c1ccccc1)(c1ccc(OC)cc1)c1ccc(OC)cc1)OC(=O)CC. The van der Waals surface area contributed by atoms with Gasteiger partial charge in [-0.05, 0) is 46.5 Å². The molecule has 0 spiro atoms. The molecule has 0 radical (unpaired) electrons. The van der Waals surface area contributed by atoms with Crippen LogP contribution in [-0.2, 0) is 29.4 Å². The van der Waals surface area contributed by atoms with Gasteiger partial charge in [0.15, 0.2) is 6.10 Å². The van der Waals surface area contributed by atoms with E-state index in [0.717, 1.165) is 16.7 Å². The second-order valence-electron chi connectivity index (χ2n) is 8.99. The third kappa shape index (κ3) is 7.78. The summed E-state index contributed by atoms with van der Waals surface area (Å²) in [5.41, 5.74) is 10.1. The maximum atomic E-state index is 12.5. The lowest BCUT2D eigenvalue weighted by Gasteiger charge is -2.38. The highest BCUT2D eigenvalue weighted by Gasteiger charge is 2.40. The molecular weight excluding hydrogens is 526 g/mol. The minimum absolute atomic E-state index is 0.0905. The Bertz CT molecular complexity index is 1260. The number of methoxy groups -OCH3 is 2. The second-order valence-corrected chi connectivity index (χ2v) is 8.99. The third-order valence-corrected chi connectivity index (χ3v) is 6.52. The number of benzene rings is 3. The molecule has 3 aromatic carbocycles. The smallest absolute Gasteiger partial charge is 0.305 e. The Morgan fingerprint density at radius 2 is 1.22 bits per heavy atom. The summed E-state index contributed by atoms with van der Waals surface area (Å²) in [5, 5.41) is 3.60. The first-order valence-electron chi connectivity index (χ1n) is 13.3. The van der Waals surface area contributed by atoms with Gasteiger partial charge in [-0.25, -0.2) is 0 Å². The van der Waals surface area contributed by atoms with Crippen LogP contribution in [0.4, 0.5) is 0 Å². The minimum Gasteiger partial charge on any atom is -0.497 e. The zero-order valence-electron chi connectivity index (χ0n) is 23.7. The summed E-state index contributed by atoms with van der Waals surface area (Å²) in [5.74, 6) is 0.291. The van der Waals surface area contributed by atoms with Gasteiger partial charge in [0.25, 0.3) is 0 Å². The second kappa shape index (κ2) is 15.3. The molecule has 41 heavy (non-hydrogen) atoms. The summed E-state index contributed by atoms with van der Waals surface area (Å²) in [4.78, 5) is 27.6. The summed E-state index contributed by atoms with van der Waals surface area (Å²) in [7, 11) is 3.18. The standard InChI is InChI=1S/C31H35N3O7/c1-5-29(35)40-27(20-33-34-32)28(41-30(36)6-2)21-39-31(22-10-8-7-9-11-22,23-12-16-25(37-3)17-13-23)24-14-18-26(38-4)19-15-24/h7-19,27-28H,5-6,20-21H2,1-4H3/t27-,28-/m0/s1. The van der Waals surface area contributed by atoms with Gasteiger partial charge in [-0.2, -0.15) is 0 Å². The van der Waals surface area contributed by atoms with Crippen molar-refractivity contribution in [3.63, 3.8) is 0 Å². The normalized spacial score (nSPS) is 12.4. The fourth-order valence-electron chi connectivity index (χ4n) is 4.35. The van der Waals surface area contributed by atoms with Gasteiger partial charge in [0.05, 0.1) is 27.4 Å². The summed E-state index contributed by atoms with van der Waals surface area (Å²) >= 11 is 0. The van der Waals surface area contributed by atoms with Crippen LogP contribution in [0.3, 0.4) is 0 Å². The molecule has 2 atom stereocenters. The van der Waals surface area contributed by atoms with Gasteiger partial charge in [-0.15, -0.1) is 0 Å². The Hall–Kier alpha value is -4.53. The molecule has 0 fully saturated rings. The van der Waals surface area contributed by atoms with Crippen molar-refractivity contribution in [1.29, 1.82) is 0 Å². The van der Waals surface area contributed by atoms with E-state index in [1.54, 1.807) is 28.1 Å². The molecule has 0 unspecified atom stereocenters. The van der Waals surface area contributed by atoms with Crippen molar-refractivity contribution in [3.8, 4) is 11.5 Å². The zero-order valence-corrected chi connectivity index (χ0v) is 23.7. The van der Waals surface area contributed by atoms with E-state index in [2.05, 4.69) is 10.0 Å². The van der Waals surface area contributed by atoms with Crippen molar-refractivity contribution in [1.82, 2.24) is 0 Å². The number of nitrogens with zero attached hydrogens (tertiary/aromatic N) is 3. The maximum absolute atomic E-state index is 12.5. The van der Waals surface area contributed by atoms with Gasteiger partial charge < -0.3 is 23.7 Å². The molecular formula is C31H35N3O7. The van der Waals surface area contributed by atoms with Crippen molar-refractivity contribution in [2.45, 2.75) is 44.5 Å². The third-order valence-electron chi connectivity index (χ3n) is 6.52. The van der Waals surface area contributed by atoms with Crippen LogP contribution in [0.15, 0.2) is 84.0 Å². The van der Waals surface area contributed by atoms with Crippen LogP contribution in [-0.4, -0.2) is 51.5 Å². The van der Waals surface area contributed by atoms with E-state index in [4.69, 9.17) is 29.2 Å². The number of rotatable bonds is 15. The lowest BCUT2D eigenvalue weighted by molar-refractivity contribution is -0.175. The molecule has 0 aliphatic rings. The van der Waals surface area contributed by atoms with Crippen molar-refractivity contribution in [3.05, 3.63) is 106 Å². The molecule has 10 heteroatoms. The zero-order chi connectivity index (χ0) is 29.7. The van der Waals surface area contributed by atoms with Crippen molar-refractivity contribution >= 4 is 11.9 Å². The molecule has 0 saturated heterocycles. The molecule has 216 valence electrons. The van der Waals surface area contributed by atoms with Crippen molar-refractivity contribution < 1.29 is 33.3 Å². The Balaban J connectivity index is 2.19. The van der Waals surface area contributed by atoms with Crippen LogP contribution >= 0.6 is 0 Å². The van der Waals surface area contributed by atoms with Crippen molar-refractivity contribution in [2.75, 3.05) is 27.4 Å². The van der Waals surface area contributed by atoms with Crippen LogP contribution in [0.5, 0.6) is 11.5 Å². The Morgan fingerprint density at radius 1 is 0.756 bits per heavy atom. The van der Waals surface area contributed by atoms with E-state index in [9.17, 15) is 9.59 Å². The molecule has 0 aliphatic heterocycles. The largest absolute Gasteiger partial charge is 0.497 e. The number of ether oxygens (including phenoxy) is 5. The summed E-state index contributed by atoms with van der Waals surface area (Å²) in [6, 6.07) is 24.5. The van der Waals surface area contributed by atoms with Gasteiger partial charge in [0.1, 0.15) is 23.2 Å². The topological polar surface area (TPSA) is 129 Å². The van der Waals surface area contributed by atoms with E-state index in [1.807, 2.05) is 78.9 Å². The molecule has 0 N–H and O–H groups in total. The van der Waals surface area contributed by atoms with Gasteiger partial charge >= 0.3 is 11.9 Å². The van der Waals surface area contributed by atoms with Crippen LogP contribution < -0.4 is 9.47 Å². The van der Waals surface area contributed by atoms with Crippen molar-refractivity contribution in [2.24, 2.45) is 5.11 Å². The van der Waals surface area contributed by atoms with E-state index >= 15 is 0 Å². The number of hydrogen-bond donors (Lipinski definition) is 0. The number of carbonyl (C=O) groups is 2. The van der Waals surface area contributed by atoms with Gasteiger partial charge in [-0.1, -0.05) is 73.6 Å². The van der Waals surface area contributed by atoms with Gasteiger partial charge in [-0.3, -0.25) is 9.59 Å². The number of azide groups is 1. The summed E-state index contributed by atoms with van der Waals surface area (Å²) in [6.07, 6.45) is -1.95. The molecule has 10 nitrogen and oxygen atoms in total. The molecule has 0 aromatic heterocycles. The maximum Gasteiger partial charge on any atom is 0.305 e. The van der Waals surface area contributed by atoms with Gasteiger partial charge in [0.2, 0.25) is 0 Å². The predicted octanol–water partition coefficient (Wildman–Crippen LogP) is 5.97. The van der Waals surface area contributed by atoms with E-state index in [1.165, 1.54) is 0 Å². The molecule has 0 heterocycles. The monoisotopic (exact) mass is 561 g/mol. The molecule has 0 aliphatic carbocycles. The predicted molar refractivity (Wildman–Crippen MR) is 153 cm³/mol. The summed E-state index contributed by atoms with van der Waals surface area (Å²) in [6.45, 7) is 2.87. The Morgan fingerprint density at radius 3 is 1.66 bits per heavy atom. The molecule has 0 amide bonds. The van der Waals surface area contributed by atoms with E-state index < -0.39 is 29.7 Å². The van der Waals surface area contributed by atoms with Crippen LogP contribution in [0.25, 0.3) is 10.4 Å². The molecule has 0 saturated carbocycles. The van der Waals surface area contributed by atoms with Crippen LogP contribution in [0, 0.1) is 0 Å². The first kappa shape index (κ1) is 31.0. The Labute approximate surface area is 239 Å². The highest BCUT2D eigenvalue weighted by Crippen LogP contribution is 2.42. The first-order valence-corrected chi connectivity index (χ1v) is 13.3. The highest BCUT2D eigenvalue weighted by atomic mass is 16.6. The average Bonchev–Trinajstić information content (AvgIpc) is 3.03. The number of hydrogen-bond acceptors (Lipinski definition) is 8. The lowest BCUT2D eigenvalue weighted by atomic mass is 9.80. The quantitative estimate of drug-likeness (QED) is 0.0735. The fourth-order valence-corrected chi connectivity index (χ4v) is 4.35. The lowest BCUT2D eigenvalue weighted by Crippen LogP contribution is -2.44. The van der Waals surface area contributed by atoms with E-state index in [0.29, 0.717) is 11.5 Å². The minimum atomic E-state index is -1.20. The van der Waals surface area contributed by atoms with Gasteiger partial charge in [0, 0.05) is 17.8 Å². The van der Waals surface area contributed by atoms with Crippen LogP contribution in [0.2, 0.25) is 0 Å². The molecule has 3 rings (SSSR count). The Kier molecular flexibility index (Phi) is 11.6. The first-order chi connectivity index (χ1) is 19.9. The fraction of sp³-hybridized carbons (Fsp3) is 0.355. The molecule has 3 aromatic rings. The summed E-state index contributed by atoms with van der Waals surface area (Å²) < 4.78 is 28.9. The number of esters is 2. The highest BCUT2D eigenvalue weighted by molar-refractivity contribution is 5.70. The number of carbonyl (C=O) groups excluding carboxylic acids is 2.